The number of ether oxygens (including phenoxy) is 1. The lowest BCUT2D eigenvalue weighted by atomic mass is 10.1. The topological polar surface area (TPSA) is 61.7 Å². The summed E-state index contributed by atoms with van der Waals surface area (Å²) in [4.78, 5) is 0. The maximum absolute atomic E-state index is 9.65. The molecular formula is C13H29NO3. The van der Waals surface area contributed by atoms with Gasteiger partial charge in [-0.2, -0.15) is 0 Å². The molecule has 0 aliphatic rings. The lowest BCUT2D eigenvalue weighted by Crippen LogP contribution is -2.46. The summed E-state index contributed by atoms with van der Waals surface area (Å²) in [5, 5.41) is 21.8. The van der Waals surface area contributed by atoms with Crippen LogP contribution >= 0.6 is 0 Å². The van der Waals surface area contributed by atoms with Gasteiger partial charge in [-0.05, 0) is 32.6 Å². The van der Waals surface area contributed by atoms with Gasteiger partial charge in [-0.1, -0.05) is 13.8 Å². The lowest BCUT2D eigenvalue weighted by Gasteiger charge is -2.25. The van der Waals surface area contributed by atoms with Gasteiger partial charge in [0.05, 0.1) is 19.3 Å². The summed E-state index contributed by atoms with van der Waals surface area (Å²) >= 11 is 0. The zero-order chi connectivity index (χ0) is 13.3. The number of hydrogen-bond acceptors (Lipinski definition) is 4. The number of β-amino-alcohol motifs (C(OH)–C–C–N with tert-alkyl or cyclic N) is 1. The summed E-state index contributed by atoms with van der Waals surface area (Å²) in [5.74, 6) is 0.704. The number of nitrogens with one attached hydrogen (secondary N) is 1. The Hall–Kier alpha value is -0.160. The molecule has 3 N–H and O–H groups in total. The predicted octanol–water partition coefficient (Wildman–Crippen LogP) is 1.16. The first kappa shape index (κ1) is 16.8. The minimum absolute atomic E-state index is 0.0506. The molecule has 0 aromatic rings. The van der Waals surface area contributed by atoms with E-state index in [0.717, 1.165) is 12.8 Å². The number of rotatable bonds is 10. The Morgan fingerprint density at radius 3 is 2.47 bits per heavy atom. The Morgan fingerprint density at radius 2 is 1.94 bits per heavy atom. The Morgan fingerprint density at radius 1 is 1.29 bits per heavy atom. The van der Waals surface area contributed by atoms with Crippen molar-refractivity contribution in [3.05, 3.63) is 0 Å². The van der Waals surface area contributed by atoms with Gasteiger partial charge in [-0.3, -0.25) is 0 Å². The van der Waals surface area contributed by atoms with E-state index in [0.29, 0.717) is 25.7 Å². The van der Waals surface area contributed by atoms with Crippen LogP contribution in [-0.4, -0.2) is 48.2 Å². The number of aliphatic hydroxyl groups excluding tert-OH is 2. The number of hydrogen-bond donors (Lipinski definition) is 3. The smallest absolute Gasteiger partial charge is 0.0897 e. The fourth-order valence-electron chi connectivity index (χ4n) is 1.32. The van der Waals surface area contributed by atoms with E-state index in [-0.39, 0.29) is 12.1 Å². The summed E-state index contributed by atoms with van der Waals surface area (Å²) < 4.78 is 5.39. The number of aliphatic hydroxyl groups is 2. The molecule has 4 nitrogen and oxygen atoms in total. The van der Waals surface area contributed by atoms with E-state index >= 15 is 0 Å². The van der Waals surface area contributed by atoms with Crippen molar-refractivity contribution in [2.45, 2.75) is 52.2 Å². The molecule has 0 fully saturated rings. The quantitative estimate of drug-likeness (QED) is 0.507. The second-order valence-electron chi connectivity index (χ2n) is 5.69. The molecular weight excluding hydrogens is 218 g/mol. The van der Waals surface area contributed by atoms with Crippen molar-refractivity contribution in [2.24, 2.45) is 5.92 Å². The molecule has 0 heterocycles. The Balaban J connectivity index is 3.44. The summed E-state index contributed by atoms with van der Waals surface area (Å²) in [5.41, 5.74) is -0.349. The standard InChI is InChI=1S/C13H29NO3/c1-11(2)6-5-7-17-9-12(16)8-14-13(3,4)10-15/h11-12,14-16H,5-10H2,1-4H3. The predicted molar refractivity (Wildman–Crippen MR) is 70.1 cm³/mol. The summed E-state index contributed by atoms with van der Waals surface area (Å²) in [6.45, 7) is 9.72. The zero-order valence-corrected chi connectivity index (χ0v) is 11.7. The summed E-state index contributed by atoms with van der Waals surface area (Å²) in [6, 6.07) is 0. The van der Waals surface area contributed by atoms with Gasteiger partial charge in [0, 0.05) is 18.7 Å². The minimum atomic E-state index is -0.514. The van der Waals surface area contributed by atoms with Crippen molar-refractivity contribution in [3.63, 3.8) is 0 Å². The van der Waals surface area contributed by atoms with Crippen LogP contribution < -0.4 is 5.32 Å². The second-order valence-corrected chi connectivity index (χ2v) is 5.69. The van der Waals surface area contributed by atoms with Gasteiger partial charge in [-0.15, -0.1) is 0 Å². The molecule has 0 radical (unpaired) electrons. The van der Waals surface area contributed by atoms with Crippen molar-refractivity contribution >= 4 is 0 Å². The first-order chi connectivity index (χ1) is 7.87. The van der Waals surface area contributed by atoms with Crippen molar-refractivity contribution in [2.75, 3.05) is 26.4 Å². The third-order valence-corrected chi connectivity index (χ3v) is 2.59. The molecule has 0 aliphatic carbocycles. The highest BCUT2D eigenvalue weighted by atomic mass is 16.5. The van der Waals surface area contributed by atoms with E-state index in [1.165, 1.54) is 0 Å². The second kappa shape index (κ2) is 8.86. The molecule has 17 heavy (non-hydrogen) atoms. The molecule has 0 spiro atoms. The highest BCUT2D eigenvalue weighted by Gasteiger charge is 2.16. The zero-order valence-electron chi connectivity index (χ0n) is 11.7. The molecule has 0 saturated carbocycles. The van der Waals surface area contributed by atoms with E-state index in [9.17, 15) is 5.11 Å². The first-order valence-electron chi connectivity index (χ1n) is 6.49. The Labute approximate surface area is 105 Å². The van der Waals surface area contributed by atoms with Crippen molar-refractivity contribution in [1.82, 2.24) is 5.32 Å². The van der Waals surface area contributed by atoms with Gasteiger partial charge in [0.25, 0.3) is 0 Å². The van der Waals surface area contributed by atoms with Gasteiger partial charge < -0.3 is 20.3 Å². The Bertz CT molecular complexity index is 184. The molecule has 0 bridgehead atoms. The van der Waals surface area contributed by atoms with Crippen LogP contribution in [0.2, 0.25) is 0 Å². The van der Waals surface area contributed by atoms with Crippen LogP contribution in [0, 0.1) is 5.92 Å². The largest absolute Gasteiger partial charge is 0.394 e. The van der Waals surface area contributed by atoms with Gasteiger partial charge in [0.1, 0.15) is 0 Å². The lowest BCUT2D eigenvalue weighted by molar-refractivity contribution is 0.0292. The minimum Gasteiger partial charge on any atom is -0.394 e. The van der Waals surface area contributed by atoms with Crippen LogP contribution in [0.3, 0.4) is 0 Å². The molecule has 104 valence electrons. The summed E-state index contributed by atoms with van der Waals surface area (Å²) in [6.07, 6.45) is 1.69. The van der Waals surface area contributed by atoms with E-state index < -0.39 is 6.10 Å². The highest BCUT2D eigenvalue weighted by Crippen LogP contribution is 2.03. The average Bonchev–Trinajstić information content (AvgIpc) is 2.26. The molecule has 0 aliphatic heterocycles. The third kappa shape index (κ3) is 10.7. The molecule has 4 heteroatoms. The normalized spacial score (nSPS) is 14.3. The molecule has 0 aromatic heterocycles. The van der Waals surface area contributed by atoms with E-state index in [1.807, 2.05) is 13.8 Å². The van der Waals surface area contributed by atoms with Crippen LogP contribution in [0.5, 0.6) is 0 Å². The van der Waals surface area contributed by atoms with Crippen LogP contribution in [0.1, 0.15) is 40.5 Å². The van der Waals surface area contributed by atoms with Gasteiger partial charge in [0.2, 0.25) is 0 Å². The van der Waals surface area contributed by atoms with Crippen molar-refractivity contribution in [1.29, 1.82) is 0 Å². The maximum Gasteiger partial charge on any atom is 0.0897 e. The van der Waals surface area contributed by atoms with Crippen LogP contribution in [0.25, 0.3) is 0 Å². The van der Waals surface area contributed by atoms with Crippen LogP contribution in [-0.2, 0) is 4.74 Å². The molecule has 0 aromatic carbocycles. The fraction of sp³-hybridized carbons (Fsp3) is 1.00. The average molecular weight is 247 g/mol. The maximum atomic E-state index is 9.65. The Kier molecular flexibility index (Phi) is 8.78. The van der Waals surface area contributed by atoms with Gasteiger partial charge in [0.15, 0.2) is 0 Å². The highest BCUT2D eigenvalue weighted by molar-refractivity contribution is 4.77. The van der Waals surface area contributed by atoms with Crippen LogP contribution in [0.15, 0.2) is 0 Å². The SMILES string of the molecule is CC(C)CCCOCC(O)CNC(C)(C)CO. The molecule has 0 rings (SSSR count). The van der Waals surface area contributed by atoms with E-state index in [4.69, 9.17) is 9.84 Å². The monoisotopic (exact) mass is 247 g/mol. The first-order valence-corrected chi connectivity index (χ1v) is 6.49. The molecule has 0 saturated heterocycles. The van der Waals surface area contributed by atoms with Crippen molar-refractivity contribution < 1.29 is 14.9 Å². The third-order valence-electron chi connectivity index (χ3n) is 2.59. The fourth-order valence-corrected chi connectivity index (χ4v) is 1.32. The molecule has 1 atom stereocenters. The molecule has 0 amide bonds. The van der Waals surface area contributed by atoms with Crippen LogP contribution in [0.4, 0.5) is 0 Å². The van der Waals surface area contributed by atoms with E-state index in [1.54, 1.807) is 0 Å². The van der Waals surface area contributed by atoms with Gasteiger partial charge in [-0.25, -0.2) is 0 Å². The van der Waals surface area contributed by atoms with Crippen molar-refractivity contribution in [3.8, 4) is 0 Å². The molecule has 1 unspecified atom stereocenters. The summed E-state index contributed by atoms with van der Waals surface area (Å²) in [7, 11) is 0. The van der Waals surface area contributed by atoms with Gasteiger partial charge >= 0.3 is 0 Å². The van der Waals surface area contributed by atoms with E-state index in [2.05, 4.69) is 19.2 Å².